The molecule has 0 aliphatic carbocycles. The molecule has 1 saturated heterocycles. The number of carboxylic acid groups (broad SMARTS) is 1. The van der Waals surface area contributed by atoms with Crippen molar-refractivity contribution in [2.75, 3.05) is 13.1 Å². The van der Waals surface area contributed by atoms with Crippen LogP contribution in [-0.2, 0) is 17.9 Å². The van der Waals surface area contributed by atoms with E-state index in [1.807, 2.05) is 30.3 Å². The van der Waals surface area contributed by atoms with Gasteiger partial charge in [0, 0.05) is 25.6 Å². The van der Waals surface area contributed by atoms with Crippen molar-refractivity contribution in [2.45, 2.75) is 13.2 Å². The fourth-order valence-corrected chi connectivity index (χ4v) is 2.40. The van der Waals surface area contributed by atoms with Gasteiger partial charge in [0.1, 0.15) is 6.61 Å². The third-order valence-corrected chi connectivity index (χ3v) is 3.62. The number of aromatic carboxylic acids is 1. The maximum absolute atomic E-state index is 11.9. The number of nitrogens with zero attached hydrogens (tertiary/aromatic N) is 4. The highest BCUT2D eigenvalue weighted by Gasteiger charge is 2.32. The highest BCUT2D eigenvalue weighted by atomic mass is 16.6. The van der Waals surface area contributed by atoms with E-state index in [1.165, 1.54) is 10.9 Å². The van der Waals surface area contributed by atoms with Gasteiger partial charge in [-0.15, -0.1) is 5.10 Å². The zero-order valence-corrected chi connectivity index (χ0v) is 12.3. The number of ether oxygens (including phenoxy) is 1. The van der Waals surface area contributed by atoms with Crippen LogP contribution in [0.1, 0.15) is 16.1 Å². The highest BCUT2D eigenvalue weighted by Crippen LogP contribution is 2.18. The summed E-state index contributed by atoms with van der Waals surface area (Å²) in [6.45, 7) is 1.92. The molecule has 1 amide bonds. The number of carboxylic acids is 1. The number of carbonyl (C=O) groups excluding carboxylic acids is 1. The SMILES string of the molecule is O=C(O)c1cn(CC2CN(C(=O)OCc3ccccc3)C2)nn1. The van der Waals surface area contributed by atoms with Crippen molar-refractivity contribution in [3.05, 3.63) is 47.8 Å². The predicted molar refractivity (Wildman–Crippen MR) is 78.7 cm³/mol. The number of benzene rings is 1. The molecule has 0 radical (unpaired) electrons. The Morgan fingerprint density at radius 3 is 2.65 bits per heavy atom. The Labute approximate surface area is 132 Å². The Balaban J connectivity index is 1.41. The maximum Gasteiger partial charge on any atom is 0.410 e. The van der Waals surface area contributed by atoms with Crippen LogP contribution in [-0.4, -0.2) is 50.2 Å². The van der Waals surface area contributed by atoms with E-state index < -0.39 is 5.97 Å². The van der Waals surface area contributed by atoms with E-state index in [1.54, 1.807) is 4.90 Å². The number of carbonyl (C=O) groups is 2. The first-order valence-corrected chi connectivity index (χ1v) is 7.21. The van der Waals surface area contributed by atoms with Gasteiger partial charge in [0.2, 0.25) is 0 Å². The second-order valence-corrected chi connectivity index (χ2v) is 5.44. The average molecular weight is 316 g/mol. The van der Waals surface area contributed by atoms with Crippen LogP contribution in [0.4, 0.5) is 4.79 Å². The lowest BCUT2D eigenvalue weighted by molar-refractivity contribution is 0.0435. The Morgan fingerprint density at radius 2 is 2.00 bits per heavy atom. The van der Waals surface area contributed by atoms with Gasteiger partial charge in [-0.1, -0.05) is 35.5 Å². The van der Waals surface area contributed by atoms with E-state index in [4.69, 9.17) is 9.84 Å². The summed E-state index contributed by atoms with van der Waals surface area (Å²) < 4.78 is 6.73. The van der Waals surface area contributed by atoms with Crippen molar-refractivity contribution in [1.29, 1.82) is 0 Å². The van der Waals surface area contributed by atoms with Crippen LogP contribution in [0.2, 0.25) is 0 Å². The maximum atomic E-state index is 11.9. The zero-order chi connectivity index (χ0) is 16.2. The Morgan fingerprint density at radius 1 is 1.26 bits per heavy atom. The molecule has 1 aliphatic heterocycles. The number of aromatic nitrogens is 3. The van der Waals surface area contributed by atoms with Crippen molar-refractivity contribution in [3.8, 4) is 0 Å². The molecule has 120 valence electrons. The van der Waals surface area contributed by atoms with Gasteiger partial charge in [-0.2, -0.15) is 0 Å². The minimum absolute atomic E-state index is 0.0801. The van der Waals surface area contributed by atoms with Gasteiger partial charge in [0.25, 0.3) is 0 Å². The summed E-state index contributed by atoms with van der Waals surface area (Å²) in [6.07, 6.45) is 1.05. The van der Waals surface area contributed by atoms with Crippen molar-refractivity contribution in [3.63, 3.8) is 0 Å². The topological polar surface area (TPSA) is 97.5 Å². The Hall–Kier alpha value is -2.90. The van der Waals surface area contributed by atoms with Crippen molar-refractivity contribution in [1.82, 2.24) is 19.9 Å². The normalized spacial score (nSPS) is 14.3. The van der Waals surface area contributed by atoms with E-state index >= 15 is 0 Å². The Bertz CT molecular complexity index is 695. The first kappa shape index (κ1) is 15.0. The fraction of sp³-hybridized carbons (Fsp3) is 0.333. The van der Waals surface area contributed by atoms with Gasteiger partial charge in [0.15, 0.2) is 5.69 Å². The third-order valence-electron chi connectivity index (χ3n) is 3.62. The molecule has 0 bridgehead atoms. The fourth-order valence-electron chi connectivity index (χ4n) is 2.40. The number of amides is 1. The molecule has 8 nitrogen and oxygen atoms in total. The summed E-state index contributed by atoms with van der Waals surface area (Å²) in [5.41, 5.74) is 0.866. The third kappa shape index (κ3) is 3.65. The molecular weight excluding hydrogens is 300 g/mol. The molecular formula is C15H16N4O4. The number of likely N-dealkylation sites (tertiary alicyclic amines) is 1. The molecule has 0 unspecified atom stereocenters. The van der Waals surface area contributed by atoms with Crippen LogP contribution in [0.5, 0.6) is 0 Å². The molecule has 1 aromatic carbocycles. The van der Waals surface area contributed by atoms with Gasteiger partial charge in [-0.05, 0) is 5.56 Å². The predicted octanol–water partition coefficient (Wildman–Crippen LogP) is 1.24. The van der Waals surface area contributed by atoms with Crippen LogP contribution in [0.25, 0.3) is 0 Å². The van der Waals surface area contributed by atoms with Crippen LogP contribution in [0.15, 0.2) is 36.5 Å². The number of hydrogen-bond acceptors (Lipinski definition) is 5. The molecule has 1 fully saturated rings. The summed E-state index contributed by atoms with van der Waals surface area (Å²) >= 11 is 0. The zero-order valence-electron chi connectivity index (χ0n) is 12.3. The van der Waals surface area contributed by atoms with E-state index in [-0.39, 0.29) is 24.3 Å². The minimum Gasteiger partial charge on any atom is -0.476 e. The molecule has 0 atom stereocenters. The summed E-state index contributed by atoms with van der Waals surface area (Å²) in [5, 5.41) is 16.1. The number of rotatable bonds is 5. The van der Waals surface area contributed by atoms with Gasteiger partial charge in [-0.25, -0.2) is 9.59 Å². The molecule has 8 heteroatoms. The standard InChI is InChI=1S/C15H16N4O4/c20-14(21)13-9-19(17-16-13)8-12-6-18(7-12)15(22)23-10-11-4-2-1-3-5-11/h1-5,9,12H,6-8,10H2,(H,20,21). The lowest BCUT2D eigenvalue weighted by atomic mass is 10.0. The molecule has 2 heterocycles. The van der Waals surface area contributed by atoms with Crippen molar-refractivity contribution < 1.29 is 19.4 Å². The monoisotopic (exact) mass is 316 g/mol. The quantitative estimate of drug-likeness (QED) is 0.891. The minimum atomic E-state index is -1.10. The van der Waals surface area contributed by atoms with Gasteiger partial charge in [0.05, 0.1) is 6.20 Å². The van der Waals surface area contributed by atoms with Crippen LogP contribution < -0.4 is 0 Å². The van der Waals surface area contributed by atoms with Gasteiger partial charge < -0.3 is 14.7 Å². The van der Waals surface area contributed by atoms with Crippen LogP contribution in [0.3, 0.4) is 0 Å². The lowest BCUT2D eigenvalue weighted by Gasteiger charge is -2.38. The van der Waals surface area contributed by atoms with Gasteiger partial charge >= 0.3 is 12.1 Å². The first-order valence-electron chi connectivity index (χ1n) is 7.21. The van der Waals surface area contributed by atoms with Gasteiger partial charge in [-0.3, -0.25) is 4.68 Å². The van der Waals surface area contributed by atoms with E-state index in [0.29, 0.717) is 19.6 Å². The summed E-state index contributed by atoms with van der Waals surface area (Å²) in [5.74, 6) is -0.876. The molecule has 23 heavy (non-hydrogen) atoms. The van der Waals surface area contributed by atoms with Crippen molar-refractivity contribution in [2.24, 2.45) is 5.92 Å². The van der Waals surface area contributed by atoms with E-state index in [2.05, 4.69) is 10.3 Å². The second kappa shape index (κ2) is 6.47. The molecule has 0 saturated carbocycles. The lowest BCUT2D eigenvalue weighted by Crippen LogP contribution is -2.51. The summed E-state index contributed by atoms with van der Waals surface area (Å²) in [7, 11) is 0. The smallest absolute Gasteiger partial charge is 0.410 e. The van der Waals surface area contributed by atoms with Crippen molar-refractivity contribution >= 4 is 12.1 Å². The molecule has 0 spiro atoms. The second-order valence-electron chi connectivity index (χ2n) is 5.44. The first-order chi connectivity index (χ1) is 11.1. The number of hydrogen-bond donors (Lipinski definition) is 1. The molecule has 3 rings (SSSR count). The summed E-state index contributed by atoms with van der Waals surface area (Å²) in [4.78, 5) is 24.2. The molecule has 1 aromatic heterocycles. The van der Waals surface area contributed by atoms with E-state index in [9.17, 15) is 9.59 Å². The summed E-state index contributed by atoms with van der Waals surface area (Å²) in [6, 6.07) is 9.50. The van der Waals surface area contributed by atoms with E-state index in [0.717, 1.165) is 5.56 Å². The molecule has 1 N–H and O–H groups in total. The molecule has 2 aromatic rings. The molecule has 1 aliphatic rings. The Kier molecular flexibility index (Phi) is 4.22. The van der Waals surface area contributed by atoms with Crippen LogP contribution >= 0.6 is 0 Å². The highest BCUT2D eigenvalue weighted by molar-refractivity contribution is 5.84. The average Bonchev–Trinajstić information content (AvgIpc) is 2.98. The largest absolute Gasteiger partial charge is 0.476 e. The van der Waals surface area contributed by atoms with Crippen LogP contribution in [0, 0.1) is 5.92 Å².